The Kier molecular flexibility index (Phi) is 6.15. The molecule has 32 heavy (non-hydrogen) atoms. The summed E-state index contributed by atoms with van der Waals surface area (Å²) >= 11 is 4.75. The highest BCUT2D eigenvalue weighted by Crippen LogP contribution is 2.32. The van der Waals surface area contributed by atoms with Gasteiger partial charge in [-0.2, -0.15) is 0 Å². The summed E-state index contributed by atoms with van der Waals surface area (Å²) in [6.45, 7) is 1.07. The standard InChI is InChI=1S/C21H18ClF2N5O3/c22-21(23,24)32-17-3-1-15(2-4-17)28-20(31)13-7-18(14-8-25-12-26-9-14)19(27-10-13)29-6-5-16(30)11-29/h1-4,7-10,12,16,30H,5-6,11H2,(H,28,31)/t16-/m0/s1. The number of pyridine rings is 1. The van der Waals surface area contributed by atoms with Crippen molar-refractivity contribution in [1.82, 2.24) is 15.0 Å². The maximum absolute atomic E-state index is 12.8. The van der Waals surface area contributed by atoms with E-state index in [-0.39, 0.29) is 11.3 Å². The number of aliphatic hydroxyl groups is 1. The monoisotopic (exact) mass is 461 g/mol. The van der Waals surface area contributed by atoms with E-state index in [2.05, 4.69) is 25.0 Å². The van der Waals surface area contributed by atoms with Gasteiger partial charge in [0.05, 0.1) is 11.7 Å². The van der Waals surface area contributed by atoms with E-state index in [0.29, 0.717) is 42.1 Å². The van der Waals surface area contributed by atoms with E-state index in [1.54, 1.807) is 18.5 Å². The fourth-order valence-corrected chi connectivity index (χ4v) is 3.45. The first-order chi connectivity index (χ1) is 15.3. The molecule has 3 heterocycles. The van der Waals surface area contributed by atoms with Crippen molar-refractivity contribution in [2.24, 2.45) is 0 Å². The largest absolute Gasteiger partial charge is 0.487 e. The van der Waals surface area contributed by atoms with Crippen LogP contribution in [0.2, 0.25) is 0 Å². The van der Waals surface area contributed by atoms with Gasteiger partial charge in [-0.3, -0.25) is 4.79 Å². The number of nitrogens with one attached hydrogen (secondary N) is 1. The van der Waals surface area contributed by atoms with Gasteiger partial charge in [0.1, 0.15) is 17.9 Å². The topological polar surface area (TPSA) is 100 Å². The van der Waals surface area contributed by atoms with Gasteiger partial charge < -0.3 is 20.1 Å². The fraction of sp³-hybridized carbons (Fsp3) is 0.238. The molecule has 0 unspecified atom stereocenters. The summed E-state index contributed by atoms with van der Waals surface area (Å²) in [5, 5.41) is 12.6. The van der Waals surface area contributed by atoms with E-state index in [1.807, 2.05) is 4.90 Å². The van der Waals surface area contributed by atoms with Gasteiger partial charge in [-0.25, -0.2) is 15.0 Å². The molecule has 1 saturated heterocycles. The number of benzene rings is 1. The molecule has 166 valence electrons. The lowest BCUT2D eigenvalue weighted by molar-refractivity contribution is -0.0964. The lowest BCUT2D eigenvalue weighted by Gasteiger charge is -2.20. The molecule has 4 rings (SSSR count). The Morgan fingerprint density at radius 3 is 2.56 bits per heavy atom. The highest BCUT2D eigenvalue weighted by Gasteiger charge is 2.27. The summed E-state index contributed by atoms with van der Waals surface area (Å²) in [6, 6.07) is 7.02. The first-order valence-corrected chi connectivity index (χ1v) is 10.0. The van der Waals surface area contributed by atoms with Crippen molar-refractivity contribution in [3.8, 4) is 16.9 Å². The first kappa shape index (κ1) is 21.8. The number of carbonyl (C=O) groups excluding carboxylic acids is 1. The maximum atomic E-state index is 12.8. The molecule has 1 aliphatic rings. The number of carbonyl (C=O) groups is 1. The zero-order chi connectivity index (χ0) is 22.7. The van der Waals surface area contributed by atoms with E-state index in [1.165, 1.54) is 36.8 Å². The Labute approximate surface area is 186 Å². The quantitative estimate of drug-likeness (QED) is 0.541. The summed E-state index contributed by atoms with van der Waals surface area (Å²) in [5.41, 5.74) is -1.84. The second-order valence-corrected chi connectivity index (χ2v) is 7.58. The van der Waals surface area contributed by atoms with E-state index < -0.39 is 17.6 Å². The van der Waals surface area contributed by atoms with Crippen LogP contribution in [0.1, 0.15) is 16.8 Å². The summed E-state index contributed by atoms with van der Waals surface area (Å²) in [4.78, 5) is 27.3. The molecule has 8 nitrogen and oxygen atoms in total. The average Bonchev–Trinajstić information content (AvgIpc) is 3.20. The van der Waals surface area contributed by atoms with Crippen LogP contribution in [-0.4, -0.2) is 50.7 Å². The van der Waals surface area contributed by atoms with Crippen molar-refractivity contribution in [2.75, 3.05) is 23.3 Å². The van der Waals surface area contributed by atoms with Crippen LogP contribution in [0.3, 0.4) is 0 Å². The van der Waals surface area contributed by atoms with Gasteiger partial charge in [0.15, 0.2) is 0 Å². The van der Waals surface area contributed by atoms with E-state index >= 15 is 0 Å². The molecule has 1 fully saturated rings. The van der Waals surface area contributed by atoms with Crippen molar-refractivity contribution >= 4 is 29.0 Å². The van der Waals surface area contributed by atoms with Gasteiger partial charge in [0, 0.05) is 60.1 Å². The minimum absolute atomic E-state index is 0.145. The number of halogens is 3. The van der Waals surface area contributed by atoms with Gasteiger partial charge in [-0.05, 0) is 36.8 Å². The molecule has 1 atom stereocenters. The van der Waals surface area contributed by atoms with Crippen molar-refractivity contribution in [3.63, 3.8) is 0 Å². The molecule has 1 aromatic carbocycles. The van der Waals surface area contributed by atoms with Crippen LogP contribution in [-0.2, 0) is 0 Å². The molecule has 0 radical (unpaired) electrons. The van der Waals surface area contributed by atoms with Gasteiger partial charge in [0.2, 0.25) is 0 Å². The second-order valence-electron chi connectivity index (χ2n) is 7.14. The number of β-amino-alcohol motifs (C(OH)–C–C–N with tert-alkyl or cyclic N) is 1. The number of hydrogen-bond donors (Lipinski definition) is 2. The molecular formula is C21H18ClF2N5O3. The van der Waals surface area contributed by atoms with Crippen molar-refractivity contribution in [2.45, 2.75) is 18.1 Å². The maximum Gasteiger partial charge on any atom is 0.487 e. The Balaban J connectivity index is 1.57. The highest BCUT2D eigenvalue weighted by atomic mass is 35.5. The second kappa shape index (κ2) is 9.01. The molecule has 0 bridgehead atoms. The lowest BCUT2D eigenvalue weighted by Crippen LogP contribution is -2.23. The SMILES string of the molecule is O=C(Nc1ccc(OC(F)(F)Cl)cc1)c1cnc(N2CC[C@H](O)C2)c(-c2cncnc2)c1. The number of ether oxygens (including phenoxy) is 1. The minimum Gasteiger partial charge on any atom is -0.420 e. The average molecular weight is 462 g/mol. The summed E-state index contributed by atoms with van der Waals surface area (Å²) in [6.07, 6.45) is 6.27. The van der Waals surface area contributed by atoms with Crippen molar-refractivity contribution in [1.29, 1.82) is 0 Å². The zero-order valence-corrected chi connectivity index (χ0v) is 17.3. The normalized spacial score (nSPS) is 16.1. The summed E-state index contributed by atoms with van der Waals surface area (Å²) < 4.78 is 29.7. The number of alkyl halides is 3. The number of aromatic nitrogens is 3. The van der Waals surface area contributed by atoms with Crippen LogP contribution in [0, 0.1) is 0 Å². The smallest absolute Gasteiger partial charge is 0.420 e. The first-order valence-electron chi connectivity index (χ1n) is 9.64. The van der Waals surface area contributed by atoms with Crippen LogP contribution in [0.15, 0.2) is 55.2 Å². The van der Waals surface area contributed by atoms with Gasteiger partial charge >= 0.3 is 5.57 Å². The van der Waals surface area contributed by atoms with Crippen molar-refractivity contribution in [3.05, 3.63) is 60.8 Å². The van der Waals surface area contributed by atoms with Crippen molar-refractivity contribution < 1.29 is 23.4 Å². The fourth-order valence-electron chi connectivity index (χ4n) is 3.36. The lowest BCUT2D eigenvalue weighted by atomic mass is 10.1. The number of hydrogen-bond acceptors (Lipinski definition) is 7. The molecule has 3 aromatic rings. The predicted octanol–water partition coefficient (Wildman–Crippen LogP) is 3.53. The molecule has 1 amide bonds. The van der Waals surface area contributed by atoms with Crippen LogP contribution in [0.25, 0.3) is 11.1 Å². The Morgan fingerprint density at radius 1 is 1.22 bits per heavy atom. The van der Waals surface area contributed by atoms with Gasteiger partial charge in [-0.1, -0.05) is 0 Å². The van der Waals surface area contributed by atoms with Crippen LogP contribution < -0.4 is 15.0 Å². The number of aliphatic hydroxyl groups excluding tert-OH is 1. The molecule has 2 aromatic heterocycles. The third-order valence-corrected chi connectivity index (χ3v) is 4.89. The van der Waals surface area contributed by atoms with Crippen LogP contribution in [0.4, 0.5) is 20.3 Å². The predicted molar refractivity (Wildman–Crippen MR) is 114 cm³/mol. The molecule has 2 N–H and O–H groups in total. The Bertz CT molecular complexity index is 1100. The van der Waals surface area contributed by atoms with E-state index in [0.717, 1.165) is 0 Å². The summed E-state index contributed by atoms with van der Waals surface area (Å²) in [7, 11) is 0. The van der Waals surface area contributed by atoms with Crippen LogP contribution >= 0.6 is 11.6 Å². The molecule has 0 saturated carbocycles. The molecule has 11 heteroatoms. The molecule has 0 spiro atoms. The zero-order valence-electron chi connectivity index (χ0n) is 16.6. The molecule has 1 aliphatic heterocycles. The minimum atomic E-state index is -3.82. The number of anilines is 2. The Morgan fingerprint density at radius 2 is 1.94 bits per heavy atom. The molecule has 0 aliphatic carbocycles. The molecular weight excluding hydrogens is 444 g/mol. The van der Waals surface area contributed by atoms with Gasteiger partial charge in [-0.15, -0.1) is 8.78 Å². The van der Waals surface area contributed by atoms with E-state index in [9.17, 15) is 18.7 Å². The number of nitrogens with zero attached hydrogens (tertiary/aromatic N) is 4. The Hall–Kier alpha value is -3.37. The number of amides is 1. The van der Waals surface area contributed by atoms with E-state index in [4.69, 9.17) is 11.6 Å². The summed E-state index contributed by atoms with van der Waals surface area (Å²) in [5.74, 6) is 0.0320. The third kappa shape index (κ3) is 5.27. The van der Waals surface area contributed by atoms with Crippen LogP contribution in [0.5, 0.6) is 5.75 Å². The highest BCUT2D eigenvalue weighted by molar-refractivity contribution is 6.20. The number of rotatable bonds is 6. The van der Waals surface area contributed by atoms with Gasteiger partial charge in [0.25, 0.3) is 5.91 Å². The third-order valence-electron chi connectivity index (χ3n) is 4.81.